The molecule has 7 heteroatoms. The van der Waals surface area contributed by atoms with Crippen LogP contribution in [0.1, 0.15) is 54.4 Å². The normalized spacial score (nSPS) is 16.7. The molecule has 5 rings (SSSR count). The number of fused-ring (bicyclic) bond motifs is 1. The number of hydrogen-bond donors (Lipinski definition) is 3. The zero-order chi connectivity index (χ0) is 20.7. The number of nitrogens with zero attached hydrogens (tertiary/aromatic N) is 3. The zero-order valence-corrected chi connectivity index (χ0v) is 17.5. The molecule has 156 valence electrons. The van der Waals surface area contributed by atoms with Crippen LogP contribution in [0.25, 0.3) is 16.8 Å². The fraction of sp³-hybridized carbons (Fsp3) is 0.435. The molecule has 0 aliphatic heterocycles. The Hall–Kier alpha value is -3.09. The zero-order valence-electron chi connectivity index (χ0n) is 17.5. The van der Waals surface area contributed by atoms with Crippen LogP contribution in [0, 0.1) is 6.92 Å². The second-order valence-corrected chi connectivity index (χ2v) is 8.47. The first-order valence-corrected chi connectivity index (χ1v) is 10.9. The van der Waals surface area contributed by atoms with Crippen molar-refractivity contribution >= 4 is 23.2 Å². The van der Waals surface area contributed by atoms with Gasteiger partial charge in [0.1, 0.15) is 11.6 Å². The van der Waals surface area contributed by atoms with Gasteiger partial charge in [-0.05, 0) is 49.8 Å². The number of anilines is 2. The van der Waals surface area contributed by atoms with E-state index in [2.05, 4.69) is 27.1 Å². The maximum Gasteiger partial charge on any atom is 0.251 e. The van der Waals surface area contributed by atoms with Gasteiger partial charge in [0, 0.05) is 36.3 Å². The number of amides is 1. The largest absolute Gasteiger partial charge is 0.373 e. The van der Waals surface area contributed by atoms with E-state index in [0.29, 0.717) is 12.1 Å². The molecule has 2 aliphatic carbocycles. The summed E-state index contributed by atoms with van der Waals surface area (Å²) in [5, 5.41) is 14.4. The third kappa shape index (κ3) is 3.60. The minimum absolute atomic E-state index is 0.0139. The van der Waals surface area contributed by atoms with E-state index in [1.165, 1.54) is 25.7 Å². The van der Waals surface area contributed by atoms with Gasteiger partial charge in [-0.2, -0.15) is 9.61 Å². The van der Waals surface area contributed by atoms with Crippen molar-refractivity contribution in [3.8, 4) is 11.1 Å². The predicted molar refractivity (Wildman–Crippen MR) is 119 cm³/mol. The summed E-state index contributed by atoms with van der Waals surface area (Å²) in [4.78, 5) is 17.4. The van der Waals surface area contributed by atoms with Crippen LogP contribution < -0.4 is 16.0 Å². The van der Waals surface area contributed by atoms with E-state index < -0.39 is 0 Å². The second-order valence-electron chi connectivity index (χ2n) is 8.47. The van der Waals surface area contributed by atoms with E-state index in [9.17, 15) is 4.79 Å². The molecule has 2 fully saturated rings. The summed E-state index contributed by atoms with van der Waals surface area (Å²) in [7, 11) is 1.90. The molecule has 2 aromatic heterocycles. The van der Waals surface area contributed by atoms with Gasteiger partial charge in [0.15, 0.2) is 5.65 Å². The molecule has 0 saturated heterocycles. The maximum absolute atomic E-state index is 12.5. The number of carbonyl (C=O) groups is 1. The molecule has 0 radical (unpaired) electrons. The van der Waals surface area contributed by atoms with Gasteiger partial charge < -0.3 is 16.0 Å². The molecule has 3 aromatic rings. The lowest BCUT2D eigenvalue weighted by molar-refractivity contribution is 0.0950. The predicted octanol–water partition coefficient (Wildman–Crippen LogP) is 3.99. The summed E-state index contributed by atoms with van der Waals surface area (Å²) >= 11 is 0. The molecule has 3 N–H and O–H groups in total. The standard InChI is InChI=1S/C23H28N6O/c1-14-11-15(7-10-18(14)23(30)27-17-8-9-17)19-13-25-29-21(24-2)12-20(28-22(19)29)26-16-5-3-4-6-16/h7,10-13,16-17,24H,3-6,8-9H2,1-2H3,(H,26,28)(H,27,30). The van der Waals surface area contributed by atoms with Crippen LogP contribution in [-0.4, -0.2) is 39.6 Å². The van der Waals surface area contributed by atoms with E-state index in [-0.39, 0.29) is 5.91 Å². The Balaban J connectivity index is 1.50. The molecule has 0 spiro atoms. The SMILES string of the molecule is CNc1cc(NC2CCCC2)nc2c(-c3ccc(C(=O)NC4CC4)c(C)c3)cnn12. The highest BCUT2D eigenvalue weighted by atomic mass is 16.1. The van der Waals surface area contributed by atoms with Gasteiger partial charge in [-0.25, -0.2) is 4.98 Å². The number of nitrogens with one attached hydrogen (secondary N) is 3. The summed E-state index contributed by atoms with van der Waals surface area (Å²) in [5.41, 5.74) is 4.46. The number of carbonyl (C=O) groups excluding carboxylic acids is 1. The molecule has 2 aliphatic rings. The van der Waals surface area contributed by atoms with Gasteiger partial charge in [-0.3, -0.25) is 4.79 Å². The van der Waals surface area contributed by atoms with Gasteiger partial charge in [-0.15, -0.1) is 0 Å². The quantitative estimate of drug-likeness (QED) is 0.579. The van der Waals surface area contributed by atoms with Crippen LogP contribution >= 0.6 is 0 Å². The lowest BCUT2D eigenvalue weighted by atomic mass is 10.0. The summed E-state index contributed by atoms with van der Waals surface area (Å²) in [6.07, 6.45) is 8.95. The lowest BCUT2D eigenvalue weighted by Gasteiger charge is -2.15. The van der Waals surface area contributed by atoms with E-state index >= 15 is 0 Å². The molecule has 2 heterocycles. The third-order valence-corrected chi connectivity index (χ3v) is 6.13. The number of aromatic nitrogens is 3. The molecule has 1 aromatic carbocycles. The first-order valence-electron chi connectivity index (χ1n) is 10.9. The lowest BCUT2D eigenvalue weighted by Crippen LogP contribution is -2.26. The van der Waals surface area contributed by atoms with Crippen LogP contribution in [0.2, 0.25) is 0 Å². The van der Waals surface area contributed by atoms with Crippen LogP contribution in [0.15, 0.2) is 30.5 Å². The average molecular weight is 405 g/mol. The van der Waals surface area contributed by atoms with Crippen molar-refractivity contribution in [1.29, 1.82) is 0 Å². The summed E-state index contributed by atoms with van der Waals surface area (Å²) in [5.74, 6) is 1.78. The van der Waals surface area contributed by atoms with E-state index in [1.54, 1.807) is 0 Å². The monoisotopic (exact) mass is 404 g/mol. The molecule has 1 amide bonds. The Morgan fingerprint density at radius 1 is 1.10 bits per heavy atom. The van der Waals surface area contributed by atoms with E-state index in [4.69, 9.17) is 4.98 Å². The molecule has 0 unspecified atom stereocenters. The molecular formula is C23H28N6O. The summed E-state index contributed by atoms with van der Waals surface area (Å²) < 4.78 is 1.83. The number of rotatable bonds is 6. The molecule has 30 heavy (non-hydrogen) atoms. The van der Waals surface area contributed by atoms with Gasteiger partial charge in [0.25, 0.3) is 5.91 Å². The van der Waals surface area contributed by atoms with Gasteiger partial charge in [-0.1, -0.05) is 25.0 Å². The van der Waals surface area contributed by atoms with Crippen molar-refractivity contribution in [1.82, 2.24) is 19.9 Å². The first kappa shape index (κ1) is 18.9. The van der Waals surface area contributed by atoms with Crippen LogP contribution in [0.5, 0.6) is 0 Å². The average Bonchev–Trinajstić information content (AvgIpc) is 3.22. The maximum atomic E-state index is 12.5. The number of aryl methyl sites for hydroxylation is 1. The summed E-state index contributed by atoms with van der Waals surface area (Å²) in [6.45, 7) is 1.98. The van der Waals surface area contributed by atoms with Crippen molar-refractivity contribution < 1.29 is 4.79 Å². The first-order chi connectivity index (χ1) is 14.6. The molecule has 0 bridgehead atoms. The second kappa shape index (κ2) is 7.63. The Kier molecular flexibility index (Phi) is 4.81. The van der Waals surface area contributed by atoms with Crippen molar-refractivity contribution in [3.05, 3.63) is 41.6 Å². The van der Waals surface area contributed by atoms with Crippen molar-refractivity contribution in [2.75, 3.05) is 17.7 Å². The Bertz CT molecular complexity index is 1090. The third-order valence-electron chi connectivity index (χ3n) is 6.13. The Morgan fingerprint density at radius 2 is 1.90 bits per heavy atom. The molecule has 0 atom stereocenters. The Morgan fingerprint density at radius 3 is 2.60 bits per heavy atom. The van der Waals surface area contributed by atoms with Crippen molar-refractivity contribution in [2.24, 2.45) is 0 Å². The van der Waals surface area contributed by atoms with Crippen LogP contribution in [0.4, 0.5) is 11.6 Å². The highest BCUT2D eigenvalue weighted by Crippen LogP contribution is 2.30. The fourth-order valence-corrected chi connectivity index (χ4v) is 4.27. The smallest absolute Gasteiger partial charge is 0.251 e. The van der Waals surface area contributed by atoms with Crippen molar-refractivity contribution in [2.45, 2.75) is 57.5 Å². The van der Waals surface area contributed by atoms with Crippen LogP contribution in [-0.2, 0) is 0 Å². The minimum atomic E-state index is 0.0139. The fourth-order valence-electron chi connectivity index (χ4n) is 4.27. The Labute approximate surface area is 176 Å². The highest BCUT2D eigenvalue weighted by Gasteiger charge is 2.24. The number of benzene rings is 1. The van der Waals surface area contributed by atoms with Crippen molar-refractivity contribution in [3.63, 3.8) is 0 Å². The molecular weight excluding hydrogens is 376 g/mol. The van der Waals surface area contributed by atoms with E-state index in [1.807, 2.05) is 42.9 Å². The topological polar surface area (TPSA) is 83.3 Å². The minimum Gasteiger partial charge on any atom is -0.373 e. The highest BCUT2D eigenvalue weighted by molar-refractivity contribution is 5.97. The van der Waals surface area contributed by atoms with Gasteiger partial charge in [0.2, 0.25) is 0 Å². The summed E-state index contributed by atoms with van der Waals surface area (Å²) in [6, 6.07) is 8.80. The molecule has 2 saturated carbocycles. The van der Waals surface area contributed by atoms with Crippen LogP contribution in [0.3, 0.4) is 0 Å². The van der Waals surface area contributed by atoms with Gasteiger partial charge >= 0.3 is 0 Å². The van der Waals surface area contributed by atoms with E-state index in [0.717, 1.165) is 52.4 Å². The number of hydrogen-bond acceptors (Lipinski definition) is 5. The molecule has 7 nitrogen and oxygen atoms in total. The van der Waals surface area contributed by atoms with Gasteiger partial charge in [0.05, 0.1) is 6.20 Å².